The highest BCUT2D eigenvalue weighted by Gasteiger charge is 2.22. The Labute approximate surface area is 151 Å². The lowest BCUT2D eigenvalue weighted by atomic mass is 10.00. The second-order valence-electron chi connectivity index (χ2n) is 6.24. The minimum absolute atomic E-state index is 0.0762. The third-order valence-electron chi connectivity index (χ3n) is 4.51. The first-order chi connectivity index (χ1) is 12.8. The topological polar surface area (TPSA) is 71.0 Å². The summed E-state index contributed by atoms with van der Waals surface area (Å²) in [5.41, 5.74) is 4.00. The molecule has 3 aromatic rings. The molecule has 2 aromatic heterocycles. The molecule has 0 atom stereocenters. The lowest BCUT2D eigenvalue weighted by molar-refractivity contribution is 0.0728. The van der Waals surface area contributed by atoms with Gasteiger partial charge in [-0.3, -0.25) is 9.78 Å². The summed E-state index contributed by atoms with van der Waals surface area (Å²) in [4.78, 5) is 27.1. The fraction of sp³-hybridized carbons (Fsp3) is 0.200. The van der Waals surface area contributed by atoms with Crippen molar-refractivity contribution in [2.24, 2.45) is 0 Å². The van der Waals surface area contributed by atoms with Gasteiger partial charge in [0.25, 0.3) is 5.91 Å². The number of hydrogen-bond acceptors (Lipinski definition) is 5. The number of hydrogen-bond donors (Lipinski definition) is 1. The van der Waals surface area contributed by atoms with Gasteiger partial charge in [-0.05, 0) is 35.2 Å². The van der Waals surface area contributed by atoms with Crippen molar-refractivity contribution >= 4 is 11.7 Å². The van der Waals surface area contributed by atoms with Crippen LogP contribution in [0.3, 0.4) is 0 Å². The van der Waals surface area contributed by atoms with Crippen LogP contribution in [0, 0.1) is 0 Å². The normalized spacial score (nSPS) is 13.2. The van der Waals surface area contributed by atoms with Crippen molar-refractivity contribution in [3.05, 3.63) is 83.6 Å². The first kappa shape index (κ1) is 16.2. The maximum atomic E-state index is 12.7. The molecule has 0 aliphatic carbocycles. The van der Waals surface area contributed by atoms with Crippen LogP contribution in [0.1, 0.15) is 27.2 Å². The standard InChI is InChI=1S/C20H19N5O/c26-20(25-10-7-16-3-1-2-4-17(16)14-25)18-12-24-19(13-22-18)23-11-15-5-8-21-9-6-15/h1-6,8-9,12-13H,7,10-11,14H2,(H,23,24). The predicted octanol–water partition coefficient (Wildman–Crippen LogP) is 2.68. The van der Waals surface area contributed by atoms with Crippen LogP contribution < -0.4 is 5.32 Å². The molecule has 0 radical (unpaired) electrons. The molecular weight excluding hydrogens is 326 g/mol. The summed E-state index contributed by atoms with van der Waals surface area (Å²) < 4.78 is 0. The number of rotatable bonds is 4. The van der Waals surface area contributed by atoms with Gasteiger partial charge in [0.15, 0.2) is 0 Å². The maximum Gasteiger partial charge on any atom is 0.274 e. The molecule has 0 fully saturated rings. The summed E-state index contributed by atoms with van der Waals surface area (Å²) in [5, 5.41) is 3.19. The molecule has 4 rings (SSSR count). The zero-order valence-electron chi connectivity index (χ0n) is 14.3. The molecule has 0 saturated heterocycles. The molecule has 0 unspecified atom stereocenters. The number of carbonyl (C=O) groups excluding carboxylic acids is 1. The molecule has 6 heteroatoms. The molecule has 3 heterocycles. The highest BCUT2D eigenvalue weighted by molar-refractivity contribution is 5.92. The van der Waals surface area contributed by atoms with E-state index in [1.807, 2.05) is 29.2 Å². The minimum atomic E-state index is -0.0762. The van der Waals surface area contributed by atoms with Gasteiger partial charge in [-0.25, -0.2) is 9.97 Å². The zero-order chi connectivity index (χ0) is 17.8. The van der Waals surface area contributed by atoms with E-state index in [0.717, 1.165) is 12.0 Å². The average Bonchev–Trinajstić information content (AvgIpc) is 2.72. The Morgan fingerprint density at radius 3 is 2.62 bits per heavy atom. The Morgan fingerprint density at radius 1 is 1.04 bits per heavy atom. The van der Waals surface area contributed by atoms with E-state index < -0.39 is 0 Å². The highest BCUT2D eigenvalue weighted by Crippen LogP contribution is 2.19. The molecule has 1 N–H and O–H groups in total. The average molecular weight is 345 g/mol. The van der Waals surface area contributed by atoms with E-state index in [2.05, 4.69) is 32.4 Å². The van der Waals surface area contributed by atoms with Crippen LogP contribution in [0.4, 0.5) is 5.82 Å². The van der Waals surface area contributed by atoms with Crippen LogP contribution in [0.15, 0.2) is 61.2 Å². The minimum Gasteiger partial charge on any atom is -0.365 e. The van der Waals surface area contributed by atoms with Crippen LogP contribution in [0.5, 0.6) is 0 Å². The molecule has 1 amide bonds. The fourth-order valence-corrected chi connectivity index (χ4v) is 3.05. The molecule has 0 bridgehead atoms. The number of nitrogens with zero attached hydrogens (tertiary/aromatic N) is 4. The summed E-state index contributed by atoms with van der Waals surface area (Å²) >= 11 is 0. The van der Waals surface area contributed by atoms with Crippen molar-refractivity contribution in [3.8, 4) is 0 Å². The Kier molecular flexibility index (Phi) is 4.55. The number of aromatic nitrogens is 3. The van der Waals surface area contributed by atoms with Gasteiger partial charge in [-0.1, -0.05) is 24.3 Å². The van der Waals surface area contributed by atoms with Gasteiger partial charge in [-0.15, -0.1) is 0 Å². The number of anilines is 1. The quantitative estimate of drug-likeness (QED) is 0.787. The molecule has 0 saturated carbocycles. The van der Waals surface area contributed by atoms with Crippen molar-refractivity contribution in [3.63, 3.8) is 0 Å². The number of nitrogens with one attached hydrogen (secondary N) is 1. The van der Waals surface area contributed by atoms with Gasteiger partial charge in [0.2, 0.25) is 0 Å². The maximum absolute atomic E-state index is 12.7. The van der Waals surface area contributed by atoms with Gasteiger partial charge in [0, 0.05) is 32.0 Å². The molecule has 6 nitrogen and oxygen atoms in total. The van der Waals surface area contributed by atoms with E-state index in [9.17, 15) is 4.79 Å². The largest absolute Gasteiger partial charge is 0.365 e. The number of fused-ring (bicyclic) bond motifs is 1. The molecule has 26 heavy (non-hydrogen) atoms. The number of carbonyl (C=O) groups is 1. The van der Waals surface area contributed by atoms with Gasteiger partial charge in [-0.2, -0.15) is 0 Å². The van der Waals surface area contributed by atoms with E-state index >= 15 is 0 Å². The lowest BCUT2D eigenvalue weighted by Gasteiger charge is -2.28. The molecule has 1 aliphatic rings. The van der Waals surface area contributed by atoms with Crippen LogP contribution in [0.2, 0.25) is 0 Å². The van der Waals surface area contributed by atoms with Gasteiger partial charge < -0.3 is 10.2 Å². The smallest absolute Gasteiger partial charge is 0.274 e. The van der Waals surface area contributed by atoms with Crippen molar-refractivity contribution < 1.29 is 4.79 Å². The predicted molar refractivity (Wildman–Crippen MR) is 98.5 cm³/mol. The highest BCUT2D eigenvalue weighted by atomic mass is 16.2. The third kappa shape index (κ3) is 3.54. The van der Waals surface area contributed by atoms with Crippen molar-refractivity contribution in [2.75, 3.05) is 11.9 Å². The summed E-state index contributed by atoms with van der Waals surface area (Å²) in [6.45, 7) is 1.96. The molecule has 0 spiro atoms. The van der Waals surface area contributed by atoms with E-state index in [1.165, 1.54) is 17.3 Å². The molecule has 130 valence electrons. The van der Waals surface area contributed by atoms with Crippen LogP contribution >= 0.6 is 0 Å². The molecular formula is C20H19N5O. The van der Waals surface area contributed by atoms with E-state index in [0.29, 0.717) is 31.1 Å². The zero-order valence-corrected chi connectivity index (χ0v) is 14.3. The van der Waals surface area contributed by atoms with Gasteiger partial charge in [0.1, 0.15) is 11.5 Å². The second-order valence-corrected chi connectivity index (χ2v) is 6.24. The Balaban J connectivity index is 1.40. The van der Waals surface area contributed by atoms with Crippen molar-refractivity contribution in [2.45, 2.75) is 19.5 Å². The Hall–Kier alpha value is -3.28. The monoisotopic (exact) mass is 345 g/mol. The van der Waals surface area contributed by atoms with E-state index in [1.54, 1.807) is 18.6 Å². The Bertz CT molecular complexity index is 896. The summed E-state index contributed by atoms with van der Waals surface area (Å²) in [6, 6.07) is 12.1. The van der Waals surface area contributed by atoms with Gasteiger partial charge in [0.05, 0.1) is 12.4 Å². The molecule has 1 aliphatic heterocycles. The first-order valence-corrected chi connectivity index (χ1v) is 8.60. The summed E-state index contributed by atoms with van der Waals surface area (Å²) in [7, 11) is 0. The van der Waals surface area contributed by atoms with Crippen molar-refractivity contribution in [1.29, 1.82) is 0 Å². The Morgan fingerprint density at radius 2 is 1.85 bits per heavy atom. The number of pyridine rings is 1. The summed E-state index contributed by atoms with van der Waals surface area (Å²) in [6.07, 6.45) is 7.52. The van der Waals surface area contributed by atoms with Crippen LogP contribution in [-0.2, 0) is 19.5 Å². The second kappa shape index (κ2) is 7.31. The SMILES string of the molecule is O=C(c1cnc(NCc2ccncc2)cn1)N1CCc2ccccc2C1. The van der Waals surface area contributed by atoms with E-state index in [4.69, 9.17) is 0 Å². The van der Waals surface area contributed by atoms with Crippen molar-refractivity contribution in [1.82, 2.24) is 19.9 Å². The summed E-state index contributed by atoms with van der Waals surface area (Å²) in [5.74, 6) is 0.565. The van der Waals surface area contributed by atoms with E-state index in [-0.39, 0.29) is 5.91 Å². The number of amides is 1. The lowest BCUT2D eigenvalue weighted by Crippen LogP contribution is -2.36. The van der Waals surface area contributed by atoms with Crippen LogP contribution in [-0.4, -0.2) is 32.3 Å². The number of benzene rings is 1. The fourth-order valence-electron chi connectivity index (χ4n) is 3.05. The third-order valence-corrected chi connectivity index (χ3v) is 4.51. The van der Waals surface area contributed by atoms with Gasteiger partial charge >= 0.3 is 0 Å². The van der Waals surface area contributed by atoms with Crippen LogP contribution in [0.25, 0.3) is 0 Å². The first-order valence-electron chi connectivity index (χ1n) is 8.60. The molecule has 1 aromatic carbocycles.